The molecule has 266 valence electrons. The first-order chi connectivity index (χ1) is 24.4. The molecule has 1 aromatic heterocycles. The van der Waals surface area contributed by atoms with E-state index < -0.39 is 52.0 Å². The lowest BCUT2D eigenvalue weighted by atomic mass is 9.77. The first-order valence-corrected chi connectivity index (χ1v) is 18.5. The molecule has 0 radical (unpaired) electrons. The highest BCUT2D eigenvalue weighted by atomic mass is 32.2. The molecule has 3 aromatic carbocycles. The van der Waals surface area contributed by atoms with E-state index in [9.17, 15) is 19.5 Å². The summed E-state index contributed by atoms with van der Waals surface area (Å²) in [5.41, 5.74) is 1.43. The van der Waals surface area contributed by atoms with E-state index in [1.807, 2.05) is 54.6 Å². The summed E-state index contributed by atoms with van der Waals surface area (Å²) in [4.78, 5) is 50.4. The van der Waals surface area contributed by atoms with E-state index in [1.165, 1.54) is 35.1 Å². The normalized spacial score (nSPS) is 22.0. The summed E-state index contributed by atoms with van der Waals surface area (Å²) in [5, 5.41) is 24.1. The molecule has 0 bridgehead atoms. The number of fused-ring (bicyclic) bond motifs is 1. The van der Waals surface area contributed by atoms with Gasteiger partial charge in [0, 0.05) is 11.1 Å². The lowest BCUT2D eigenvalue weighted by Crippen LogP contribution is -2.80. The van der Waals surface area contributed by atoms with E-state index in [2.05, 4.69) is 52.2 Å². The first-order valence-electron chi connectivity index (χ1n) is 16.7. The van der Waals surface area contributed by atoms with Crippen LogP contribution in [0.5, 0.6) is 0 Å². The van der Waals surface area contributed by atoms with E-state index in [4.69, 9.17) is 14.6 Å². The zero-order chi connectivity index (χ0) is 36.4. The minimum absolute atomic E-state index is 0.116. The Bertz CT molecular complexity index is 1800. The Kier molecular flexibility index (Phi) is 10.3. The van der Waals surface area contributed by atoms with Gasteiger partial charge >= 0.3 is 5.97 Å². The number of carbonyl (C=O) groups excluding carboxylic acids is 3. The fourth-order valence-corrected chi connectivity index (χ4v) is 8.72. The highest BCUT2D eigenvalue weighted by molar-refractivity contribution is 8.00. The molecule has 3 N–H and O–H groups in total. The number of hydrogen-bond donors (Lipinski definition) is 3. The van der Waals surface area contributed by atoms with E-state index in [-0.39, 0.29) is 17.8 Å². The van der Waals surface area contributed by atoms with E-state index in [0.29, 0.717) is 10.9 Å². The Morgan fingerprint density at radius 2 is 1.53 bits per heavy atom. The number of carbonyl (C=O) groups is 3. The molecule has 0 saturated carbocycles. The molecule has 11 nitrogen and oxygen atoms in total. The fourth-order valence-electron chi connectivity index (χ4n) is 6.58. The largest absolute Gasteiger partial charge is 0.458 e. The average molecular weight is 728 g/mol. The number of oxime groups is 1. The molecule has 6 rings (SSSR count). The van der Waals surface area contributed by atoms with Crippen molar-refractivity contribution in [2.75, 3.05) is 18.2 Å². The molecule has 2 saturated heterocycles. The third-order valence-electron chi connectivity index (χ3n) is 8.95. The molecule has 4 aromatic rings. The second-order valence-corrected chi connectivity index (χ2v) is 15.5. The number of rotatable bonds is 11. The zero-order valence-electron chi connectivity index (χ0n) is 29.0. The highest BCUT2D eigenvalue weighted by Gasteiger charge is 2.62. The molecule has 4 atom stereocenters. The van der Waals surface area contributed by atoms with Crippen LogP contribution in [0.4, 0.5) is 5.13 Å². The second-order valence-electron chi connectivity index (χ2n) is 13.3. The van der Waals surface area contributed by atoms with Gasteiger partial charge in [-0.2, -0.15) is 0 Å². The maximum absolute atomic E-state index is 13.8. The molecule has 13 heteroatoms. The van der Waals surface area contributed by atoms with Gasteiger partial charge in [-0.05, 0) is 43.9 Å². The standard InChI is InChI=1S/C38H41N5O6S2/c1-6-37(47)31(34(46)49-36(2,3)4)43-28(23-51-37)30(33(43)45)40-32(44)29(42-48-5)27-22-50-35(39-27)41-38(24-16-10-7-11-17-24,25-18-12-8-13-19-25)26-20-14-9-15-21-26/h7-22,28,30-31,47H,6,23H2,1-5H3,(H,39,41)(H,40,44). The summed E-state index contributed by atoms with van der Waals surface area (Å²) in [6.07, 6.45) is 0.222. The van der Waals surface area contributed by atoms with Crippen LogP contribution in [0.1, 0.15) is 56.5 Å². The number of nitrogens with one attached hydrogen (secondary N) is 2. The Hall–Kier alpha value is -4.72. The Morgan fingerprint density at radius 1 is 0.980 bits per heavy atom. The molecule has 2 fully saturated rings. The summed E-state index contributed by atoms with van der Waals surface area (Å²) >= 11 is 2.48. The van der Waals surface area contributed by atoms with Crippen LogP contribution < -0.4 is 10.6 Å². The molecule has 2 aliphatic heterocycles. The molecule has 2 amide bonds. The number of thiazole rings is 1. The van der Waals surface area contributed by atoms with Gasteiger partial charge in [-0.15, -0.1) is 23.1 Å². The predicted molar refractivity (Wildman–Crippen MR) is 198 cm³/mol. The highest BCUT2D eigenvalue weighted by Crippen LogP contribution is 2.45. The van der Waals surface area contributed by atoms with Crippen molar-refractivity contribution in [3.63, 3.8) is 0 Å². The first kappa shape index (κ1) is 36.1. The number of β-lactam (4-membered cyclic amide) rings is 1. The number of esters is 1. The summed E-state index contributed by atoms with van der Waals surface area (Å²) < 4.78 is 5.60. The Labute approximate surface area is 305 Å². The number of hydrogen-bond acceptors (Lipinski definition) is 11. The second kappa shape index (κ2) is 14.5. The third kappa shape index (κ3) is 6.97. The molecular weight excluding hydrogens is 687 g/mol. The molecule has 3 heterocycles. The molecule has 2 aliphatic rings. The number of nitrogens with zero attached hydrogens (tertiary/aromatic N) is 3. The maximum Gasteiger partial charge on any atom is 0.333 e. The van der Waals surface area contributed by atoms with Crippen LogP contribution in [0.2, 0.25) is 0 Å². The number of benzene rings is 3. The van der Waals surface area contributed by atoms with E-state index in [0.717, 1.165) is 16.7 Å². The van der Waals surface area contributed by atoms with Crippen LogP contribution in [0, 0.1) is 0 Å². The van der Waals surface area contributed by atoms with Gasteiger partial charge in [0.15, 0.2) is 16.9 Å². The monoisotopic (exact) mass is 727 g/mol. The number of aliphatic hydroxyl groups is 1. The van der Waals surface area contributed by atoms with Crippen LogP contribution in [-0.2, 0) is 29.5 Å². The molecule has 51 heavy (non-hydrogen) atoms. The predicted octanol–water partition coefficient (Wildman–Crippen LogP) is 5.15. The van der Waals surface area contributed by atoms with Crippen molar-refractivity contribution >= 4 is 51.7 Å². The summed E-state index contributed by atoms with van der Waals surface area (Å²) in [5.74, 6) is -1.54. The van der Waals surface area contributed by atoms with Gasteiger partial charge < -0.3 is 30.2 Å². The van der Waals surface area contributed by atoms with Crippen molar-refractivity contribution in [3.8, 4) is 0 Å². The zero-order valence-corrected chi connectivity index (χ0v) is 30.7. The van der Waals surface area contributed by atoms with Gasteiger partial charge in [0.2, 0.25) is 5.91 Å². The molecule has 0 spiro atoms. The molecule has 0 aliphatic carbocycles. The fraction of sp³-hybridized carbons (Fsp3) is 0.342. The number of amides is 2. The van der Waals surface area contributed by atoms with Gasteiger partial charge in [0.25, 0.3) is 5.91 Å². The van der Waals surface area contributed by atoms with Crippen molar-refractivity contribution in [1.82, 2.24) is 15.2 Å². The average Bonchev–Trinajstić information content (AvgIpc) is 3.59. The third-order valence-corrected chi connectivity index (χ3v) is 11.2. The smallest absolute Gasteiger partial charge is 0.333 e. The van der Waals surface area contributed by atoms with Crippen molar-refractivity contribution in [2.45, 2.75) is 68.3 Å². The number of anilines is 1. The van der Waals surface area contributed by atoms with E-state index >= 15 is 0 Å². The summed E-state index contributed by atoms with van der Waals surface area (Å²) in [7, 11) is 1.33. The van der Waals surface area contributed by atoms with Crippen LogP contribution in [-0.4, -0.2) is 80.0 Å². The van der Waals surface area contributed by atoms with Crippen molar-refractivity contribution < 1.29 is 29.1 Å². The minimum Gasteiger partial charge on any atom is -0.458 e. The van der Waals surface area contributed by atoms with Crippen molar-refractivity contribution in [1.29, 1.82) is 0 Å². The molecular formula is C38H41N5O6S2. The maximum atomic E-state index is 13.8. The minimum atomic E-state index is -1.52. The lowest BCUT2D eigenvalue weighted by molar-refractivity contribution is -0.184. The Balaban J connectivity index is 1.27. The summed E-state index contributed by atoms with van der Waals surface area (Å²) in [6.45, 7) is 6.93. The van der Waals surface area contributed by atoms with Gasteiger partial charge in [0.05, 0.1) is 6.04 Å². The quantitative estimate of drug-likeness (QED) is 0.0629. The van der Waals surface area contributed by atoms with Crippen LogP contribution in [0.15, 0.2) is 102 Å². The van der Waals surface area contributed by atoms with Crippen LogP contribution in [0.25, 0.3) is 0 Å². The van der Waals surface area contributed by atoms with Crippen molar-refractivity contribution in [2.24, 2.45) is 5.16 Å². The van der Waals surface area contributed by atoms with Gasteiger partial charge in [-0.3, -0.25) is 9.59 Å². The number of thioether (sulfide) groups is 1. The Morgan fingerprint density at radius 3 is 2.02 bits per heavy atom. The lowest BCUT2D eigenvalue weighted by Gasteiger charge is -2.57. The SMILES string of the molecule is CCC1(O)SCC2C(NC(=O)C(=NOC)c3csc(NC(c4ccccc4)(c4ccccc4)c4ccccc4)n3)C(=O)N2C1C(=O)OC(C)(C)C. The van der Waals surface area contributed by atoms with Gasteiger partial charge in [0.1, 0.15) is 34.9 Å². The van der Waals surface area contributed by atoms with Crippen LogP contribution in [0.3, 0.4) is 0 Å². The van der Waals surface area contributed by atoms with Gasteiger partial charge in [-0.25, -0.2) is 9.78 Å². The van der Waals surface area contributed by atoms with Crippen molar-refractivity contribution in [3.05, 3.63) is 119 Å². The molecule has 4 unspecified atom stereocenters. The summed E-state index contributed by atoms with van der Waals surface area (Å²) in [6, 6.07) is 27.5. The van der Waals surface area contributed by atoms with Crippen LogP contribution >= 0.6 is 23.1 Å². The number of ether oxygens (including phenoxy) is 1. The number of aromatic nitrogens is 1. The topological polar surface area (TPSA) is 142 Å². The van der Waals surface area contributed by atoms with Gasteiger partial charge in [-0.1, -0.05) is 103 Å². The van der Waals surface area contributed by atoms with E-state index in [1.54, 1.807) is 33.1 Å².